The number of alkyl halides is 3. The molecule has 1 aromatic carbocycles. The van der Waals surface area contributed by atoms with E-state index >= 15 is 0 Å². The summed E-state index contributed by atoms with van der Waals surface area (Å²) < 4.78 is 47.0. The van der Waals surface area contributed by atoms with E-state index in [1.54, 1.807) is 46.8 Å². The van der Waals surface area contributed by atoms with E-state index in [1.165, 1.54) is 12.1 Å². The van der Waals surface area contributed by atoms with Gasteiger partial charge >= 0.3 is 12.2 Å². The minimum atomic E-state index is -4.40. The van der Waals surface area contributed by atoms with Crippen molar-refractivity contribution in [1.82, 2.24) is 10.2 Å². The van der Waals surface area contributed by atoms with Gasteiger partial charge in [0.25, 0.3) is 0 Å². The van der Waals surface area contributed by atoms with E-state index < -0.39 is 12.8 Å². The molecule has 154 valence electrons. The zero-order chi connectivity index (χ0) is 20.7. The number of furan rings is 1. The minimum absolute atomic E-state index is 0.0973. The molecule has 0 fully saturated rings. The Hall–Kier alpha value is -2.94. The first-order chi connectivity index (χ1) is 13.9. The Morgan fingerprint density at radius 3 is 2.69 bits per heavy atom. The highest BCUT2D eigenvalue weighted by Crippen LogP contribution is 2.20. The van der Waals surface area contributed by atoms with Gasteiger partial charge in [0.15, 0.2) is 6.61 Å². The van der Waals surface area contributed by atoms with E-state index in [9.17, 15) is 18.0 Å². The third-order valence-corrected chi connectivity index (χ3v) is 4.75. The number of thiophene rings is 1. The second kappa shape index (κ2) is 9.51. The summed E-state index contributed by atoms with van der Waals surface area (Å²) in [4.78, 5) is 15.3. The lowest BCUT2D eigenvalue weighted by molar-refractivity contribution is -0.153. The number of ether oxygens (including phenoxy) is 1. The number of amides is 2. The van der Waals surface area contributed by atoms with Crippen molar-refractivity contribution < 1.29 is 27.1 Å². The number of rotatable bonds is 8. The van der Waals surface area contributed by atoms with Gasteiger partial charge in [0.05, 0.1) is 19.4 Å². The number of nitrogens with one attached hydrogen (secondary N) is 1. The van der Waals surface area contributed by atoms with Crippen molar-refractivity contribution in [2.75, 3.05) is 6.61 Å². The number of urea groups is 1. The molecule has 3 rings (SSSR count). The molecule has 0 saturated heterocycles. The van der Waals surface area contributed by atoms with E-state index in [2.05, 4.69) is 5.32 Å². The summed E-state index contributed by atoms with van der Waals surface area (Å²) >= 11 is 1.54. The van der Waals surface area contributed by atoms with Crippen LogP contribution in [0.15, 0.2) is 64.6 Å². The number of carbonyl (C=O) groups excluding carboxylic acids is 1. The fraction of sp³-hybridized carbons (Fsp3) is 0.250. The molecular formula is C20H19F3N2O3S. The van der Waals surface area contributed by atoms with E-state index in [-0.39, 0.29) is 18.3 Å². The lowest BCUT2D eigenvalue weighted by Gasteiger charge is -2.21. The van der Waals surface area contributed by atoms with Crippen LogP contribution in [-0.2, 0) is 19.6 Å². The number of nitrogens with zero attached hydrogens (tertiary/aromatic N) is 1. The number of hydrogen-bond acceptors (Lipinski definition) is 4. The molecule has 29 heavy (non-hydrogen) atoms. The van der Waals surface area contributed by atoms with Crippen molar-refractivity contribution in [2.45, 2.75) is 25.8 Å². The maximum absolute atomic E-state index is 12.7. The van der Waals surface area contributed by atoms with Gasteiger partial charge in [-0.1, -0.05) is 18.2 Å². The summed E-state index contributed by atoms with van der Waals surface area (Å²) in [5.74, 6) is 0.749. The normalized spacial score (nSPS) is 11.3. The molecule has 0 atom stereocenters. The summed E-state index contributed by atoms with van der Waals surface area (Å²) in [6.45, 7) is -0.494. The highest BCUT2D eigenvalue weighted by molar-refractivity contribution is 7.09. The predicted molar refractivity (Wildman–Crippen MR) is 103 cm³/mol. The molecule has 0 spiro atoms. The average molecular weight is 424 g/mol. The molecule has 5 nitrogen and oxygen atoms in total. The van der Waals surface area contributed by atoms with Crippen LogP contribution in [0.5, 0.6) is 5.75 Å². The zero-order valence-electron chi connectivity index (χ0n) is 15.3. The molecule has 2 aromatic heterocycles. The standard InChI is InChI=1S/C20H19F3N2O3S/c21-20(22,23)14-28-16-5-1-4-15(10-16)11-24-19(26)25(12-17-6-2-8-27-17)13-18-7-3-9-29-18/h1-10H,11-14H2,(H,24,26). The minimum Gasteiger partial charge on any atom is -0.484 e. The summed E-state index contributed by atoms with van der Waals surface area (Å²) in [5, 5.41) is 4.73. The number of carbonyl (C=O) groups is 1. The van der Waals surface area contributed by atoms with Gasteiger partial charge in [-0.05, 0) is 41.3 Å². The lowest BCUT2D eigenvalue weighted by atomic mass is 10.2. The molecule has 0 bridgehead atoms. The first-order valence-electron chi connectivity index (χ1n) is 8.75. The Bertz CT molecular complexity index is 860. The van der Waals surface area contributed by atoms with E-state index in [0.29, 0.717) is 24.4 Å². The summed E-state index contributed by atoms with van der Waals surface area (Å²) in [6, 6.07) is 13.3. The zero-order valence-corrected chi connectivity index (χ0v) is 16.1. The Kier molecular flexibility index (Phi) is 6.82. The van der Waals surface area contributed by atoms with E-state index in [0.717, 1.165) is 4.88 Å². The van der Waals surface area contributed by atoms with Gasteiger partial charge in [-0.2, -0.15) is 13.2 Å². The quantitative estimate of drug-likeness (QED) is 0.541. The van der Waals surface area contributed by atoms with Crippen molar-refractivity contribution >= 4 is 17.4 Å². The van der Waals surface area contributed by atoms with Crippen molar-refractivity contribution in [3.8, 4) is 5.75 Å². The fourth-order valence-electron chi connectivity index (χ4n) is 2.58. The van der Waals surface area contributed by atoms with Gasteiger partial charge in [-0.3, -0.25) is 0 Å². The fourth-order valence-corrected chi connectivity index (χ4v) is 3.30. The van der Waals surface area contributed by atoms with Crippen molar-refractivity contribution in [3.05, 3.63) is 76.4 Å². The van der Waals surface area contributed by atoms with Gasteiger partial charge < -0.3 is 19.4 Å². The van der Waals surface area contributed by atoms with Gasteiger partial charge in [-0.25, -0.2) is 4.79 Å². The number of benzene rings is 1. The Morgan fingerprint density at radius 1 is 1.14 bits per heavy atom. The van der Waals surface area contributed by atoms with E-state index in [4.69, 9.17) is 9.15 Å². The average Bonchev–Trinajstić information content (AvgIpc) is 3.38. The first kappa shape index (κ1) is 20.8. The largest absolute Gasteiger partial charge is 0.484 e. The third kappa shape index (κ3) is 6.86. The topological polar surface area (TPSA) is 54.7 Å². The Morgan fingerprint density at radius 2 is 2.00 bits per heavy atom. The number of hydrogen-bond donors (Lipinski definition) is 1. The molecule has 0 radical (unpaired) electrons. The molecule has 2 amide bonds. The second-order valence-electron chi connectivity index (χ2n) is 6.22. The summed E-state index contributed by atoms with van der Waals surface area (Å²) in [5.41, 5.74) is 0.632. The van der Waals surface area contributed by atoms with Crippen LogP contribution in [0.3, 0.4) is 0 Å². The van der Waals surface area contributed by atoms with Crippen molar-refractivity contribution in [3.63, 3.8) is 0 Å². The monoisotopic (exact) mass is 424 g/mol. The predicted octanol–water partition coefficient (Wildman–Crippen LogP) is 5.19. The molecule has 1 N–H and O–H groups in total. The molecule has 9 heteroatoms. The lowest BCUT2D eigenvalue weighted by Crippen LogP contribution is -2.38. The van der Waals surface area contributed by atoms with Gasteiger partial charge in [0, 0.05) is 11.4 Å². The van der Waals surface area contributed by atoms with Crippen LogP contribution in [0, 0.1) is 0 Å². The maximum atomic E-state index is 12.7. The highest BCUT2D eigenvalue weighted by atomic mass is 32.1. The van der Waals surface area contributed by atoms with Crippen LogP contribution >= 0.6 is 11.3 Å². The molecule has 0 saturated carbocycles. The first-order valence-corrected chi connectivity index (χ1v) is 9.63. The third-order valence-electron chi connectivity index (χ3n) is 3.89. The Balaban J connectivity index is 1.60. The molecular weight excluding hydrogens is 405 g/mol. The van der Waals surface area contributed by atoms with Crippen LogP contribution in [0.2, 0.25) is 0 Å². The van der Waals surface area contributed by atoms with Crippen LogP contribution in [0.4, 0.5) is 18.0 Å². The van der Waals surface area contributed by atoms with Gasteiger partial charge in [0.2, 0.25) is 0 Å². The van der Waals surface area contributed by atoms with Crippen molar-refractivity contribution in [1.29, 1.82) is 0 Å². The maximum Gasteiger partial charge on any atom is 0.422 e. The van der Waals surface area contributed by atoms with Crippen LogP contribution < -0.4 is 10.1 Å². The molecule has 0 unspecified atom stereocenters. The Labute approximate surface area is 169 Å². The SMILES string of the molecule is O=C(NCc1cccc(OCC(F)(F)F)c1)N(Cc1ccco1)Cc1cccs1. The van der Waals surface area contributed by atoms with Gasteiger partial charge in [-0.15, -0.1) is 11.3 Å². The van der Waals surface area contributed by atoms with Crippen molar-refractivity contribution in [2.24, 2.45) is 0 Å². The highest BCUT2D eigenvalue weighted by Gasteiger charge is 2.28. The van der Waals surface area contributed by atoms with Crippen LogP contribution in [-0.4, -0.2) is 23.7 Å². The van der Waals surface area contributed by atoms with Crippen LogP contribution in [0.1, 0.15) is 16.2 Å². The van der Waals surface area contributed by atoms with Gasteiger partial charge in [0.1, 0.15) is 11.5 Å². The molecule has 0 aliphatic carbocycles. The number of halogens is 3. The summed E-state index contributed by atoms with van der Waals surface area (Å²) in [6.07, 6.45) is -2.86. The molecule has 0 aliphatic heterocycles. The van der Waals surface area contributed by atoms with E-state index in [1.807, 2.05) is 17.5 Å². The second-order valence-corrected chi connectivity index (χ2v) is 7.26. The molecule has 2 heterocycles. The molecule has 3 aromatic rings. The smallest absolute Gasteiger partial charge is 0.422 e. The molecule has 0 aliphatic rings. The summed E-state index contributed by atoms with van der Waals surface area (Å²) in [7, 11) is 0. The van der Waals surface area contributed by atoms with Crippen LogP contribution in [0.25, 0.3) is 0 Å².